The Labute approximate surface area is 193 Å². The monoisotopic (exact) mass is 438 g/mol. The van der Waals surface area contributed by atoms with Crippen molar-refractivity contribution >= 4 is 11.8 Å². The van der Waals surface area contributed by atoms with Crippen molar-refractivity contribution in [3.8, 4) is 5.75 Å². The Kier molecular flexibility index (Phi) is 8.88. The van der Waals surface area contributed by atoms with Gasteiger partial charge in [-0.1, -0.05) is 69.7 Å². The Morgan fingerprint density at radius 1 is 1.06 bits per heavy atom. The average molecular weight is 439 g/mol. The van der Waals surface area contributed by atoms with Crippen molar-refractivity contribution in [2.24, 2.45) is 0 Å². The number of rotatable bonds is 9. The van der Waals surface area contributed by atoms with Crippen LogP contribution in [0, 0.1) is 6.92 Å². The van der Waals surface area contributed by atoms with Gasteiger partial charge in [0.25, 0.3) is 5.91 Å². The lowest BCUT2D eigenvalue weighted by atomic mass is 9.87. The van der Waals surface area contributed by atoms with Gasteiger partial charge in [-0.2, -0.15) is 0 Å². The van der Waals surface area contributed by atoms with Gasteiger partial charge in [0.2, 0.25) is 5.91 Å². The summed E-state index contributed by atoms with van der Waals surface area (Å²) in [6.45, 7) is 14.4. The fourth-order valence-corrected chi connectivity index (χ4v) is 3.33. The molecule has 0 aromatic heterocycles. The molecule has 0 spiro atoms. The van der Waals surface area contributed by atoms with Gasteiger partial charge in [0.05, 0.1) is 0 Å². The first-order chi connectivity index (χ1) is 15.0. The van der Waals surface area contributed by atoms with E-state index in [4.69, 9.17) is 4.74 Å². The lowest BCUT2D eigenvalue weighted by Crippen LogP contribution is -2.50. The molecule has 0 aliphatic heterocycles. The number of nitrogens with zero attached hydrogens (tertiary/aromatic N) is 1. The van der Waals surface area contributed by atoms with E-state index < -0.39 is 6.04 Å². The lowest BCUT2D eigenvalue weighted by molar-refractivity contribution is -0.142. The van der Waals surface area contributed by atoms with Gasteiger partial charge in [-0.25, -0.2) is 0 Å². The smallest absolute Gasteiger partial charge is 0.261 e. The molecule has 0 aliphatic carbocycles. The van der Waals surface area contributed by atoms with Crippen molar-refractivity contribution in [1.29, 1.82) is 0 Å². The number of carbonyl (C=O) groups excluding carboxylic acids is 2. The standard InChI is InChI=1S/C27H38N2O3/c1-8-20(3)28-26(31)21(4)29(17-22-11-9-10-19(2)16-22)25(30)18-32-24-14-12-23(13-15-24)27(5,6)7/h9-16,20-21H,8,17-18H2,1-7H3,(H,28,31)/t20-,21+/m0/s1. The number of amides is 2. The number of nitrogens with one attached hydrogen (secondary N) is 1. The fraction of sp³-hybridized carbons (Fsp3) is 0.481. The summed E-state index contributed by atoms with van der Waals surface area (Å²) in [6.07, 6.45) is 0.831. The molecule has 1 N–H and O–H groups in total. The van der Waals surface area contributed by atoms with Crippen LogP contribution in [0.3, 0.4) is 0 Å². The van der Waals surface area contributed by atoms with Crippen molar-refractivity contribution in [3.63, 3.8) is 0 Å². The maximum Gasteiger partial charge on any atom is 0.261 e. The molecule has 2 aromatic carbocycles. The molecule has 0 bridgehead atoms. The molecule has 0 unspecified atom stereocenters. The van der Waals surface area contributed by atoms with Gasteiger partial charge in [0.15, 0.2) is 6.61 Å². The summed E-state index contributed by atoms with van der Waals surface area (Å²) in [4.78, 5) is 27.5. The van der Waals surface area contributed by atoms with Crippen LogP contribution < -0.4 is 10.1 Å². The largest absolute Gasteiger partial charge is 0.484 e. The van der Waals surface area contributed by atoms with Gasteiger partial charge in [-0.05, 0) is 55.9 Å². The van der Waals surface area contributed by atoms with Crippen LogP contribution in [-0.2, 0) is 21.5 Å². The van der Waals surface area contributed by atoms with Crippen LogP contribution in [0.15, 0.2) is 48.5 Å². The normalized spacial score (nSPS) is 13.2. The molecule has 174 valence electrons. The van der Waals surface area contributed by atoms with E-state index in [0.29, 0.717) is 12.3 Å². The van der Waals surface area contributed by atoms with E-state index in [-0.39, 0.29) is 29.9 Å². The highest BCUT2D eigenvalue weighted by Crippen LogP contribution is 2.24. The van der Waals surface area contributed by atoms with Crippen LogP contribution in [0.5, 0.6) is 5.75 Å². The molecular formula is C27H38N2O3. The number of aryl methyl sites for hydroxylation is 1. The maximum atomic E-state index is 13.2. The molecule has 2 rings (SSSR count). The van der Waals surface area contributed by atoms with Crippen LogP contribution in [-0.4, -0.2) is 35.4 Å². The van der Waals surface area contributed by atoms with E-state index >= 15 is 0 Å². The van der Waals surface area contributed by atoms with Gasteiger partial charge >= 0.3 is 0 Å². The first kappa shape index (κ1) is 25.4. The van der Waals surface area contributed by atoms with Crippen LogP contribution in [0.2, 0.25) is 0 Å². The van der Waals surface area contributed by atoms with E-state index in [2.05, 4.69) is 26.1 Å². The van der Waals surface area contributed by atoms with E-state index in [1.54, 1.807) is 11.8 Å². The molecular weight excluding hydrogens is 400 g/mol. The molecule has 0 aliphatic rings. The summed E-state index contributed by atoms with van der Waals surface area (Å²) in [5, 5.41) is 2.98. The van der Waals surface area contributed by atoms with E-state index in [9.17, 15) is 9.59 Å². The molecule has 2 amide bonds. The minimum Gasteiger partial charge on any atom is -0.484 e. The van der Waals surface area contributed by atoms with Crippen LogP contribution in [0.1, 0.15) is 64.7 Å². The quantitative estimate of drug-likeness (QED) is 0.599. The van der Waals surface area contributed by atoms with E-state index in [1.165, 1.54) is 5.56 Å². The molecule has 0 saturated heterocycles. The van der Waals surface area contributed by atoms with E-state index in [0.717, 1.165) is 17.5 Å². The summed E-state index contributed by atoms with van der Waals surface area (Å²) in [6, 6.07) is 15.2. The molecule has 2 aromatic rings. The maximum absolute atomic E-state index is 13.2. The minimum absolute atomic E-state index is 0.0530. The Morgan fingerprint density at radius 2 is 1.72 bits per heavy atom. The van der Waals surface area contributed by atoms with Gasteiger partial charge in [0.1, 0.15) is 11.8 Å². The van der Waals surface area contributed by atoms with Gasteiger partial charge in [0, 0.05) is 12.6 Å². The van der Waals surface area contributed by atoms with Crippen molar-refractivity contribution in [2.75, 3.05) is 6.61 Å². The fourth-order valence-electron chi connectivity index (χ4n) is 3.33. The Morgan fingerprint density at radius 3 is 2.28 bits per heavy atom. The highest BCUT2D eigenvalue weighted by atomic mass is 16.5. The van der Waals surface area contributed by atoms with Crippen LogP contribution in [0.4, 0.5) is 0 Å². The Bertz CT molecular complexity index is 900. The predicted molar refractivity (Wildman–Crippen MR) is 130 cm³/mol. The molecule has 0 heterocycles. The second-order valence-electron chi connectivity index (χ2n) is 9.57. The van der Waals surface area contributed by atoms with Gasteiger partial charge in [-0.15, -0.1) is 0 Å². The summed E-state index contributed by atoms with van der Waals surface area (Å²) >= 11 is 0. The molecule has 5 nitrogen and oxygen atoms in total. The second kappa shape index (κ2) is 11.2. The Hall–Kier alpha value is -2.82. The zero-order chi connectivity index (χ0) is 23.9. The summed E-state index contributed by atoms with van der Waals surface area (Å²) in [5.41, 5.74) is 3.35. The number of benzene rings is 2. The predicted octanol–water partition coefficient (Wildman–Crippen LogP) is 5.00. The van der Waals surface area contributed by atoms with Crippen molar-refractivity contribution in [3.05, 3.63) is 65.2 Å². The molecule has 0 radical (unpaired) electrons. The zero-order valence-electron chi connectivity index (χ0n) is 20.6. The van der Waals surface area contributed by atoms with Crippen LogP contribution in [0.25, 0.3) is 0 Å². The summed E-state index contributed by atoms with van der Waals surface area (Å²) in [7, 11) is 0. The third-order valence-corrected chi connectivity index (χ3v) is 5.69. The number of hydrogen-bond donors (Lipinski definition) is 1. The Balaban J connectivity index is 2.14. The number of hydrogen-bond acceptors (Lipinski definition) is 3. The van der Waals surface area contributed by atoms with Crippen LogP contribution >= 0.6 is 0 Å². The first-order valence-corrected chi connectivity index (χ1v) is 11.4. The summed E-state index contributed by atoms with van der Waals surface area (Å²) in [5.74, 6) is 0.256. The average Bonchev–Trinajstić information content (AvgIpc) is 2.75. The van der Waals surface area contributed by atoms with Gasteiger partial charge < -0.3 is 15.0 Å². The highest BCUT2D eigenvalue weighted by molar-refractivity contribution is 5.88. The molecule has 0 fully saturated rings. The highest BCUT2D eigenvalue weighted by Gasteiger charge is 2.27. The SMILES string of the molecule is CC[C@H](C)NC(=O)[C@@H](C)N(Cc1cccc(C)c1)C(=O)COc1ccc(C(C)(C)C)cc1. The third-order valence-electron chi connectivity index (χ3n) is 5.69. The zero-order valence-corrected chi connectivity index (χ0v) is 20.6. The molecule has 5 heteroatoms. The molecule has 2 atom stereocenters. The minimum atomic E-state index is -0.608. The van der Waals surface area contributed by atoms with E-state index in [1.807, 2.05) is 69.3 Å². The number of carbonyl (C=O) groups is 2. The first-order valence-electron chi connectivity index (χ1n) is 11.4. The lowest BCUT2D eigenvalue weighted by Gasteiger charge is -2.29. The van der Waals surface area contributed by atoms with Gasteiger partial charge in [-0.3, -0.25) is 9.59 Å². The third kappa shape index (κ3) is 7.40. The molecule has 32 heavy (non-hydrogen) atoms. The summed E-state index contributed by atoms with van der Waals surface area (Å²) < 4.78 is 5.79. The topological polar surface area (TPSA) is 58.6 Å². The number of ether oxygens (including phenoxy) is 1. The van der Waals surface area contributed by atoms with Crippen molar-refractivity contribution < 1.29 is 14.3 Å². The molecule has 0 saturated carbocycles. The van der Waals surface area contributed by atoms with Crippen molar-refractivity contribution in [1.82, 2.24) is 10.2 Å². The van der Waals surface area contributed by atoms with Crippen molar-refractivity contribution in [2.45, 2.75) is 78.9 Å². The second-order valence-corrected chi connectivity index (χ2v) is 9.57.